The van der Waals surface area contributed by atoms with E-state index in [1.54, 1.807) is 0 Å². The highest BCUT2D eigenvalue weighted by atomic mass is 16.5. The zero-order chi connectivity index (χ0) is 11.0. The Labute approximate surface area is 92.5 Å². The number of aromatic amines is 1. The molecule has 0 aromatic carbocycles. The van der Waals surface area contributed by atoms with Gasteiger partial charge in [0.25, 0.3) is 0 Å². The molecule has 1 saturated carbocycles. The predicted octanol–water partition coefficient (Wildman–Crippen LogP) is 1.38. The van der Waals surface area contributed by atoms with Crippen molar-refractivity contribution >= 4 is 0 Å². The molecular formula is C11H13N3O2. The zero-order valence-corrected chi connectivity index (χ0v) is 8.76. The normalized spacial score (nSPS) is 17.6. The van der Waals surface area contributed by atoms with Crippen LogP contribution in [0.3, 0.4) is 0 Å². The van der Waals surface area contributed by atoms with Crippen LogP contribution in [0.1, 0.15) is 18.7 Å². The van der Waals surface area contributed by atoms with E-state index in [4.69, 9.17) is 4.52 Å². The molecule has 16 heavy (non-hydrogen) atoms. The van der Waals surface area contributed by atoms with Gasteiger partial charge in [0.15, 0.2) is 0 Å². The Morgan fingerprint density at radius 2 is 2.44 bits per heavy atom. The van der Waals surface area contributed by atoms with E-state index in [0.717, 1.165) is 18.5 Å². The largest absolute Gasteiger partial charge is 0.392 e. The molecule has 0 saturated heterocycles. The van der Waals surface area contributed by atoms with Crippen LogP contribution in [0.15, 0.2) is 22.9 Å². The van der Waals surface area contributed by atoms with Gasteiger partial charge >= 0.3 is 0 Å². The van der Waals surface area contributed by atoms with E-state index in [0.29, 0.717) is 24.1 Å². The van der Waals surface area contributed by atoms with Gasteiger partial charge in [-0.2, -0.15) is 4.98 Å². The first-order valence-corrected chi connectivity index (χ1v) is 5.47. The smallest absolute Gasteiger partial charge is 0.229 e. The van der Waals surface area contributed by atoms with Gasteiger partial charge in [-0.3, -0.25) is 0 Å². The third kappa shape index (κ3) is 1.86. The van der Waals surface area contributed by atoms with Gasteiger partial charge < -0.3 is 14.6 Å². The van der Waals surface area contributed by atoms with Gasteiger partial charge in [0, 0.05) is 6.20 Å². The molecule has 0 bridgehead atoms. The SMILES string of the molecule is OC(Cc1nc(-c2ccc[nH]2)no1)C1CC1. The van der Waals surface area contributed by atoms with Gasteiger partial charge in [0.05, 0.1) is 18.2 Å². The molecule has 0 amide bonds. The monoisotopic (exact) mass is 219 g/mol. The molecule has 2 heterocycles. The lowest BCUT2D eigenvalue weighted by atomic mass is 10.2. The molecule has 2 aromatic rings. The summed E-state index contributed by atoms with van der Waals surface area (Å²) in [5, 5.41) is 13.6. The molecule has 3 rings (SSSR count). The molecule has 0 radical (unpaired) electrons. The number of rotatable bonds is 4. The number of hydrogen-bond acceptors (Lipinski definition) is 4. The summed E-state index contributed by atoms with van der Waals surface area (Å²) >= 11 is 0. The maximum Gasteiger partial charge on any atom is 0.229 e. The second-order valence-corrected chi connectivity index (χ2v) is 4.20. The molecule has 1 aliphatic rings. The Morgan fingerprint density at radius 1 is 1.56 bits per heavy atom. The van der Waals surface area contributed by atoms with E-state index in [1.165, 1.54) is 0 Å². The second kappa shape index (κ2) is 3.75. The first kappa shape index (κ1) is 9.59. The molecule has 5 heteroatoms. The zero-order valence-electron chi connectivity index (χ0n) is 8.76. The van der Waals surface area contributed by atoms with Crippen LogP contribution in [0.5, 0.6) is 0 Å². The summed E-state index contributed by atoms with van der Waals surface area (Å²) in [4.78, 5) is 7.24. The number of aliphatic hydroxyl groups excluding tert-OH is 1. The quantitative estimate of drug-likeness (QED) is 0.814. The van der Waals surface area contributed by atoms with Gasteiger partial charge in [-0.1, -0.05) is 5.16 Å². The van der Waals surface area contributed by atoms with E-state index >= 15 is 0 Å². The van der Waals surface area contributed by atoms with Crippen LogP contribution in [0.25, 0.3) is 11.5 Å². The summed E-state index contributed by atoms with van der Waals surface area (Å²) in [6.07, 6.45) is 4.15. The minimum Gasteiger partial charge on any atom is -0.392 e. The molecule has 2 aromatic heterocycles. The summed E-state index contributed by atoms with van der Waals surface area (Å²) in [6, 6.07) is 3.76. The van der Waals surface area contributed by atoms with E-state index in [2.05, 4.69) is 15.1 Å². The van der Waals surface area contributed by atoms with Crippen molar-refractivity contribution in [3.63, 3.8) is 0 Å². The number of aliphatic hydroxyl groups is 1. The Bertz CT molecular complexity index is 459. The summed E-state index contributed by atoms with van der Waals surface area (Å²) in [5.41, 5.74) is 0.830. The van der Waals surface area contributed by atoms with Crippen molar-refractivity contribution in [1.29, 1.82) is 0 Å². The Balaban J connectivity index is 1.72. The predicted molar refractivity (Wildman–Crippen MR) is 56.5 cm³/mol. The van der Waals surface area contributed by atoms with Crippen molar-refractivity contribution in [2.24, 2.45) is 5.92 Å². The summed E-state index contributed by atoms with van der Waals surface area (Å²) in [7, 11) is 0. The second-order valence-electron chi connectivity index (χ2n) is 4.20. The highest BCUT2D eigenvalue weighted by Gasteiger charge is 2.31. The van der Waals surface area contributed by atoms with Gasteiger partial charge in [0.2, 0.25) is 11.7 Å². The minimum absolute atomic E-state index is 0.336. The van der Waals surface area contributed by atoms with Crippen LogP contribution in [0.4, 0.5) is 0 Å². The molecule has 1 unspecified atom stereocenters. The van der Waals surface area contributed by atoms with Crippen LogP contribution >= 0.6 is 0 Å². The number of aromatic nitrogens is 3. The molecule has 1 atom stereocenters. The number of hydrogen-bond donors (Lipinski definition) is 2. The maximum atomic E-state index is 9.75. The van der Waals surface area contributed by atoms with Gasteiger partial charge in [-0.25, -0.2) is 0 Å². The van der Waals surface area contributed by atoms with E-state index in [1.807, 2.05) is 18.3 Å². The lowest BCUT2D eigenvalue weighted by Gasteiger charge is -2.03. The fourth-order valence-corrected chi connectivity index (χ4v) is 1.74. The fraction of sp³-hybridized carbons (Fsp3) is 0.455. The number of H-pyrrole nitrogens is 1. The minimum atomic E-state index is -0.336. The standard InChI is InChI=1S/C11H13N3O2/c15-9(7-3-4-7)6-10-13-11(14-16-10)8-2-1-5-12-8/h1-2,5,7,9,12,15H,3-4,6H2. The lowest BCUT2D eigenvalue weighted by Crippen LogP contribution is -2.12. The maximum absolute atomic E-state index is 9.75. The summed E-state index contributed by atoms with van der Waals surface area (Å²) in [5.74, 6) is 1.48. The van der Waals surface area contributed by atoms with E-state index in [-0.39, 0.29) is 6.10 Å². The van der Waals surface area contributed by atoms with Crippen LogP contribution in [0, 0.1) is 5.92 Å². The highest BCUT2D eigenvalue weighted by Crippen LogP contribution is 2.33. The molecule has 2 N–H and O–H groups in total. The Morgan fingerprint density at radius 3 is 3.12 bits per heavy atom. The summed E-state index contributed by atoms with van der Waals surface area (Å²) < 4.78 is 5.10. The van der Waals surface area contributed by atoms with Gasteiger partial charge in [0.1, 0.15) is 0 Å². The number of nitrogens with one attached hydrogen (secondary N) is 1. The van der Waals surface area contributed by atoms with Crippen molar-refractivity contribution in [3.8, 4) is 11.5 Å². The molecular weight excluding hydrogens is 206 g/mol. The van der Waals surface area contributed by atoms with E-state index in [9.17, 15) is 5.11 Å². The van der Waals surface area contributed by atoms with Crippen LogP contribution < -0.4 is 0 Å². The average Bonchev–Trinajstić information content (AvgIpc) is 2.80. The fourth-order valence-electron chi connectivity index (χ4n) is 1.74. The lowest BCUT2D eigenvalue weighted by molar-refractivity contribution is 0.140. The van der Waals surface area contributed by atoms with Crippen LogP contribution in [-0.4, -0.2) is 26.3 Å². The van der Waals surface area contributed by atoms with Crippen molar-refractivity contribution in [2.45, 2.75) is 25.4 Å². The molecule has 1 fully saturated rings. The molecule has 0 spiro atoms. The van der Waals surface area contributed by atoms with E-state index < -0.39 is 0 Å². The Hall–Kier alpha value is -1.62. The third-order valence-electron chi connectivity index (χ3n) is 2.86. The summed E-state index contributed by atoms with van der Waals surface area (Å²) in [6.45, 7) is 0. The average molecular weight is 219 g/mol. The first-order valence-electron chi connectivity index (χ1n) is 5.47. The van der Waals surface area contributed by atoms with Crippen molar-refractivity contribution < 1.29 is 9.63 Å². The topological polar surface area (TPSA) is 74.9 Å². The van der Waals surface area contributed by atoms with Crippen molar-refractivity contribution in [1.82, 2.24) is 15.1 Å². The van der Waals surface area contributed by atoms with Crippen LogP contribution in [-0.2, 0) is 6.42 Å². The first-order chi connectivity index (χ1) is 7.83. The highest BCUT2D eigenvalue weighted by molar-refractivity contribution is 5.47. The van der Waals surface area contributed by atoms with Crippen molar-refractivity contribution in [3.05, 3.63) is 24.2 Å². The van der Waals surface area contributed by atoms with Crippen LogP contribution in [0.2, 0.25) is 0 Å². The number of nitrogens with zero attached hydrogens (tertiary/aromatic N) is 2. The molecule has 84 valence electrons. The molecule has 1 aliphatic carbocycles. The van der Waals surface area contributed by atoms with Crippen molar-refractivity contribution in [2.75, 3.05) is 0 Å². The van der Waals surface area contributed by atoms with Gasteiger partial charge in [-0.15, -0.1) is 0 Å². The Kier molecular flexibility index (Phi) is 2.25. The van der Waals surface area contributed by atoms with Gasteiger partial charge in [-0.05, 0) is 30.9 Å². The molecule has 5 nitrogen and oxygen atoms in total. The third-order valence-corrected chi connectivity index (χ3v) is 2.86. The molecule has 0 aliphatic heterocycles.